The maximum Gasteiger partial charge on any atom is 0.417 e. The third-order valence-electron chi connectivity index (χ3n) is 1.23. The molecule has 12 heavy (non-hydrogen) atoms. The molecule has 4 heteroatoms. The van der Waals surface area contributed by atoms with E-state index in [4.69, 9.17) is 6.42 Å². The van der Waals surface area contributed by atoms with Gasteiger partial charge >= 0.3 is 6.18 Å². The number of aromatic nitrogens is 1. The van der Waals surface area contributed by atoms with E-state index in [0.29, 0.717) is 0 Å². The number of terminal acetylenes is 1. The second-order valence-corrected chi connectivity index (χ2v) is 2.10. The van der Waals surface area contributed by atoms with Gasteiger partial charge in [-0.1, -0.05) is 5.92 Å². The van der Waals surface area contributed by atoms with Gasteiger partial charge < -0.3 is 0 Å². The molecule has 1 aromatic heterocycles. The maximum atomic E-state index is 12.0. The third kappa shape index (κ3) is 1.76. The van der Waals surface area contributed by atoms with Crippen LogP contribution in [0.2, 0.25) is 0 Å². The van der Waals surface area contributed by atoms with E-state index in [-0.39, 0.29) is 5.56 Å². The summed E-state index contributed by atoms with van der Waals surface area (Å²) in [6.07, 6.45) is 2.47. The number of halogens is 3. The highest BCUT2D eigenvalue weighted by atomic mass is 19.4. The van der Waals surface area contributed by atoms with Gasteiger partial charge in [0.15, 0.2) is 0 Å². The number of nitrogens with zero attached hydrogens (tertiary/aromatic N) is 1. The number of alkyl halides is 3. The van der Waals surface area contributed by atoms with Crippen LogP contribution in [0.5, 0.6) is 0 Å². The topological polar surface area (TPSA) is 12.9 Å². The molecular weight excluding hydrogens is 167 g/mol. The Balaban J connectivity index is 3.13. The summed E-state index contributed by atoms with van der Waals surface area (Å²) in [6, 6.07) is 0.882. The first kappa shape index (κ1) is 8.60. The molecule has 0 spiro atoms. The summed E-state index contributed by atoms with van der Waals surface area (Å²) in [4.78, 5) is 3.36. The van der Waals surface area contributed by atoms with Gasteiger partial charge in [-0.25, -0.2) is 0 Å². The summed E-state index contributed by atoms with van der Waals surface area (Å²) in [5.41, 5.74) is -0.692. The second-order valence-electron chi connectivity index (χ2n) is 2.10. The van der Waals surface area contributed by atoms with Crippen LogP contribution < -0.4 is 0 Å². The summed E-state index contributed by atoms with van der Waals surface area (Å²) < 4.78 is 36.0. The van der Waals surface area contributed by atoms with Crippen molar-refractivity contribution < 1.29 is 13.2 Å². The number of pyridine rings is 1. The number of hydrogen-bond acceptors (Lipinski definition) is 1. The zero-order valence-electron chi connectivity index (χ0n) is 5.89. The van der Waals surface area contributed by atoms with Crippen LogP contribution in [0.3, 0.4) is 0 Å². The summed E-state index contributed by atoms with van der Waals surface area (Å²) in [6.45, 7) is 0. The number of hydrogen-bond donors (Lipinski definition) is 0. The lowest BCUT2D eigenvalue weighted by Gasteiger charge is -2.04. The molecule has 0 saturated carbocycles. The lowest BCUT2D eigenvalue weighted by molar-refractivity contribution is -0.137. The zero-order chi connectivity index (χ0) is 9.19. The first-order chi connectivity index (χ1) is 5.54. The van der Waals surface area contributed by atoms with Crippen LogP contribution >= 0.6 is 0 Å². The Morgan fingerprint density at radius 3 is 2.50 bits per heavy atom. The largest absolute Gasteiger partial charge is 0.417 e. The Hall–Kier alpha value is -1.50. The molecule has 0 N–H and O–H groups in total. The Kier molecular flexibility index (Phi) is 2.05. The van der Waals surface area contributed by atoms with Gasteiger partial charge in [0.1, 0.15) is 0 Å². The smallest absolute Gasteiger partial charge is 0.263 e. The lowest BCUT2D eigenvalue weighted by Crippen LogP contribution is -2.05. The molecule has 0 atom stereocenters. The predicted octanol–water partition coefficient (Wildman–Crippen LogP) is 2.08. The van der Waals surface area contributed by atoms with E-state index in [0.717, 1.165) is 12.3 Å². The van der Waals surface area contributed by atoms with E-state index in [1.165, 1.54) is 6.20 Å². The fourth-order valence-electron chi connectivity index (χ4n) is 0.674. The summed E-state index contributed by atoms with van der Waals surface area (Å²) in [5, 5.41) is 0. The van der Waals surface area contributed by atoms with Crippen molar-refractivity contribution >= 4 is 0 Å². The average molecular weight is 171 g/mol. The van der Waals surface area contributed by atoms with E-state index >= 15 is 0 Å². The monoisotopic (exact) mass is 171 g/mol. The fourth-order valence-corrected chi connectivity index (χ4v) is 0.674. The van der Waals surface area contributed by atoms with E-state index in [2.05, 4.69) is 10.9 Å². The summed E-state index contributed by atoms with van der Waals surface area (Å²) in [7, 11) is 0. The van der Waals surface area contributed by atoms with Gasteiger partial charge in [-0.2, -0.15) is 13.2 Å². The fraction of sp³-hybridized carbons (Fsp3) is 0.125. The molecule has 1 aromatic rings. The van der Waals surface area contributed by atoms with Crippen LogP contribution in [-0.4, -0.2) is 4.98 Å². The van der Waals surface area contributed by atoms with Crippen molar-refractivity contribution in [2.24, 2.45) is 0 Å². The highest BCUT2D eigenvalue weighted by Gasteiger charge is 2.30. The first-order valence-corrected chi connectivity index (χ1v) is 3.03. The van der Waals surface area contributed by atoms with Crippen LogP contribution in [0, 0.1) is 12.3 Å². The van der Waals surface area contributed by atoms with Gasteiger partial charge in [0, 0.05) is 18.0 Å². The highest BCUT2D eigenvalue weighted by molar-refractivity contribution is 5.32. The molecular formula is C8H4F3N. The minimum absolute atomic E-state index is 0.129. The minimum Gasteiger partial charge on any atom is -0.263 e. The van der Waals surface area contributed by atoms with Gasteiger partial charge in [0.25, 0.3) is 0 Å². The Bertz CT molecular complexity index is 322. The normalized spacial score (nSPS) is 10.8. The molecule has 0 aliphatic heterocycles. The zero-order valence-corrected chi connectivity index (χ0v) is 5.89. The molecule has 1 heterocycles. The van der Waals surface area contributed by atoms with Crippen LogP contribution in [-0.2, 0) is 6.18 Å². The van der Waals surface area contributed by atoms with Crippen molar-refractivity contribution in [1.29, 1.82) is 0 Å². The molecule has 0 fully saturated rings. The van der Waals surface area contributed by atoms with Gasteiger partial charge in [-0.05, 0) is 6.07 Å². The Morgan fingerprint density at radius 1 is 1.33 bits per heavy atom. The number of rotatable bonds is 0. The predicted molar refractivity (Wildman–Crippen MR) is 37.2 cm³/mol. The van der Waals surface area contributed by atoms with Crippen LogP contribution in [0.15, 0.2) is 18.5 Å². The van der Waals surface area contributed by atoms with E-state index in [1.807, 2.05) is 0 Å². The van der Waals surface area contributed by atoms with Crippen LogP contribution in [0.4, 0.5) is 13.2 Å². The van der Waals surface area contributed by atoms with Crippen molar-refractivity contribution in [3.8, 4) is 12.3 Å². The highest BCUT2D eigenvalue weighted by Crippen LogP contribution is 2.28. The average Bonchev–Trinajstić information content (AvgIpc) is 2.03. The van der Waals surface area contributed by atoms with Crippen LogP contribution in [0.1, 0.15) is 11.1 Å². The van der Waals surface area contributed by atoms with Crippen molar-refractivity contribution in [3.05, 3.63) is 29.6 Å². The van der Waals surface area contributed by atoms with Gasteiger partial charge in [-0.3, -0.25) is 4.98 Å². The molecule has 0 amide bonds. The van der Waals surface area contributed by atoms with Gasteiger partial charge in [0.05, 0.1) is 5.56 Å². The molecule has 0 bridgehead atoms. The van der Waals surface area contributed by atoms with Crippen molar-refractivity contribution in [1.82, 2.24) is 4.98 Å². The SMILES string of the molecule is C#Cc1cncc(C(F)(F)F)c1. The van der Waals surface area contributed by atoms with Gasteiger partial charge in [-0.15, -0.1) is 6.42 Å². The quantitative estimate of drug-likeness (QED) is 0.544. The third-order valence-corrected chi connectivity index (χ3v) is 1.23. The van der Waals surface area contributed by atoms with E-state index in [1.54, 1.807) is 0 Å². The molecule has 0 aliphatic rings. The Morgan fingerprint density at radius 2 is 2.00 bits per heavy atom. The molecule has 0 radical (unpaired) electrons. The van der Waals surface area contributed by atoms with Crippen molar-refractivity contribution in [2.45, 2.75) is 6.18 Å². The molecule has 0 unspecified atom stereocenters. The molecule has 1 rings (SSSR count). The standard InChI is InChI=1S/C8H4F3N/c1-2-6-3-7(5-12-4-6)8(9,10)11/h1,3-5H. The van der Waals surface area contributed by atoms with E-state index < -0.39 is 11.7 Å². The molecule has 1 nitrogen and oxygen atoms in total. The molecule has 0 aromatic carbocycles. The lowest BCUT2D eigenvalue weighted by atomic mass is 10.2. The minimum atomic E-state index is -4.38. The molecule has 0 saturated heterocycles. The summed E-state index contributed by atoms with van der Waals surface area (Å²) in [5.74, 6) is 2.08. The maximum absolute atomic E-state index is 12.0. The first-order valence-electron chi connectivity index (χ1n) is 3.03. The molecule has 62 valence electrons. The Labute approximate surface area is 67.2 Å². The molecule has 0 aliphatic carbocycles. The van der Waals surface area contributed by atoms with Crippen LogP contribution in [0.25, 0.3) is 0 Å². The summed E-state index contributed by atoms with van der Waals surface area (Å²) >= 11 is 0. The second kappa shape index (κ2) is 2.86. The van der Waals surface area contributed by atoms with E-state index in [9.17, 15) is 13.2 Å². The van der Waals surface area contributed by atoms with Crippen molar-refractivity contribution in [2.75, 3.05) is 0 Å². The van der Waals surface area contributed by atoms with Gasteiger partial charge in [0.2, 0.25) is 0 Å². The van der Waals surface area contributed by atoms with Crippen molar-refractivity contribution in [3.63, 3.8) is 0 Å².